The number of nitrogens with one attached hydrogen (secondary N) is 1. The maximum absolute atomic E-state index is 12.9. The van der Waals surface area contributed by atoms with Gasteiger partial charge in [0.05, 0.1) is 0 Å². The van der Waals surface area contributed by atoms with Crippen LogP contribution in [0.4, 0.5) is 8.78 Å². The normalized spacial score (nSPS) is 11.4. The summed E-state index contributed by atoms with van der Waals surface area (Å²) >= 11 is 0. The second-order valence-electron chi connectivity index (χ2n) is 5.03. The number of hydrogen-bond donors (Lipinski definition) is 1. The highest BCUT2D eigenvalue weighted by atomic mass is 19.1. The van der Waals surface area contributed by atoms with E-state index >= 15 is 0 Å². The van der Waals surface area contributed by atoms with Crippen molar-refractivity contribution in [3.05, 3.63) is 35.4 Å². The Bertz CT molecular complexity index is 390. The molecule has 0 spiro atoms. The Morgan fingerprint density at radius 3 is 2.18 bits per heavy atom. The monoisotopic (exact) mass is 241 g/mol. The summed E-state index contributed by atoms with van der Waals surface area (Å²) in [6, 6.07) is 3.37. The van der Waals surface area contributed by atoms with Crippen molar-refractivity contribution in [2.24, 2.45) is 5.41 Å². The van der Waals surface area contributed by atoms with Gasteiger partial charge in [0, 0.05) is 18.0 Å². The van der Waals surface area contributed by atoms with Crippen molar-refractivity contribution in [2.45, 2.75) is 27.2 Å². The van der Waals surface area contributed by atoms with Crippen LogP contribution in [0.15, 0.2) is 18.2 Å². The molecule has 0 aliphatic carbocycles. The highest BCUT2D eigenvalue weighted by molar-refractivity contribution is 5.81. The smallest absolute Gasteiger partial charge is 0.225 e. The van der Waals surface area contributed by atoms with Crippen LogP contribution in [0.25, 0.3) is 0 Å². The fourth-order valence-corrected chi connectivity index (χ4v) is 1.34. The third kappa shape index (κ3) is 4.51. The standard InChI is InChI=1S/C13H17F2NO/c1-13(2,3)12(17)16-5-4-9-6-10(14)8-11(15)7-9/h6-8H,4-5H2,1-3H3,(H,16,17). The van der Waals surface area contributed by atoms with Crippen LogP contribution in [0, 0.1) is 17.0 Å². The van der Waals surface area contributed by atoms with Crippen LogP contribution in [0.3, 0.4) is 0 Å². The predicted octanol–water partition coefficient (Wildman–Crippen LogP) is 2.67. The Morgan fingerprint density at radius 1 is 1.18 bits per heavy atom. The lowest BCUT2D eigenvalue weighted by molar-refractivity contribution is -0.128. The van der Waals surface area contributed by atoms with Crippen molar-refractivity contribution >= 4 is 5.91 Å². The molecule has 0 unspecified atom stereocenters. The van der Waals surface area contributed by atoms with Gasteiger partial charge in [-0.2, -0.15) is 0 Å². The summed E-state index contributed by atoms with van der Waals surface area (Å²) in [5, 5.41) is 2.73. The molecule has 17 heavy (non-hydrogen) atoms. The highest BCUT2D eigenvalue weighted by Gasteiger charge is 2.20. The van der Waals surface area contributed by atoms with Gasteiger partial charge in [0.15, 0.2) is 0 Å². The van der Waals surface area contributed by atoms with Crippen molar-refractivity contribution in [3.63, 3.8) is 0 Å². The molecule has 4 heteroatoms. The molecule has 2 nitrogen and oxygen atoms in total. The molecule has 0 aliphatic rings. The number of benzene rings is 1. The molecule has 0 atom stereocenters. The van der Waals surface area contributed by atoms with E-state index in [-0.39, 0.29) is 5.91 Å². The van der Waals surface area contributed by atoms with Gasteiger partial charge in [0.2, 0.25) is 5.91 Å². The van der Waals surface area contributed by atoms with E-state index in [0.717, 1.165) is 6.07 Å². The molecule has 1 amide bonds. The molecule has 0 aromatic heterocycles. The van der Waals surface area contributed by atoms with Crippen LogP contribution < -0.4 is 5.32 Å². The van der Waals surface area contributed by atoms with E-state index in [1.807, 2.05) is 20.8 Å². The summed E-state index contributed by atoms with van der Waals surface area (Å²) in [6.45, 7) is 5.80. The second kappa shape index (κ2) is 5.25. The lowest BCUT2D eigenvalue weighted by Crippen LogP contribution is -2.35. The topological polar surface area (TPSA) is 29.1 Å². The lowest BCUT2D eigenvalue weighted by Gasteiger charge is -2.17. The lowest BCUT2D eigenvalue weighted by atomic mass is 9.95. The zero-order valence-electron chi connectivity index (χ0n) is 10.3. The van der Waals surface area contributed by atoms with E-state index in [1.165, 1.54) is 12.1 Å². The van der Waals surface area contributed by atoms with Crippen LogP contribution in [0.5, 0.6) is 0 Å². The fraction of sp³-hybridized carbons (Fsp3) is 0.462. The predicted molar refractivity (Wildman–Crippen MR) is 62.5 cm³/mol. The first-order valence-corrected chi connectivity index (χ1v) is 5.52. The van der Waals surface area contributed by atoms with Crippen LogP contribution in [0.2, 0.25) is 0 Å². The Kier molecular flexibility index (Phi) is 4.21. The average molecular weight is 241 g/mol. The number of rotatable bonds is 3. The molecule has 94 valence electrons. The number of carbonyl (C=O) groups excluding carboxylic acids is 1. The first-order valence-electron chi connectivity index (χ1n) is 5.52. The van der Waals surface area contributed by atoms with E-state index < -0.39 is 17.0 Å². The van der Waals surface area contributed by atoms with E-state index in [1.54, 1.807) is 0 Å². The number of amides is 1. The van der Waals surface area contributed by atoms with Crippen molar-refractivity contribution in [1.29, 1.82) is 0 Å². The molecule has 1 aromatic carbocycles. The van der Waals surface area contributed by atoms with Gasteiger partial charge in [0.1, 0.15) is 11.6 Å². The molecule has 0 saturated heterocycles. The molecule has 1 N–H and O–H groups in total. The molecule has 0 bridgehead atoms. The van der Waals surface area contributed by atoms with E-state index in [4.69, 9.17) is 0 Å². The third-order valence-corrected chi connectivity index (χ3v) is 2.30. The van der Waals surface area contributed by atoms with Crippen molar-refractivity contribution in [3.8, 4) is 0 Å². The zero-order valence-corrected chi connectivity index (χ0v) is 10.3. The number of halogens is 2. The van der Waals surface area contributed by atoms with Crippen molar-refractivity contribution in [2.75, 3.05) is 6.54 Å². The van der Waals surface area contributed by atoms with Crippen LogP contribution in [0.1, 0.15) is 26.3 Å². The van der Waals surface area contributed by atoms with Gasteiger partial charge in [-0.3, -0.25) is 4.79 Å². The molecule has 1 aromatic rings. The molecule has 1 rings (SSSR count). The van der Waals surface area contributed by atoms with Crippen LogP contribution in [-0.2, 0) is 11.2 Å². The second-order valence-corrected chi connectivity index (χ2v) is 5.03. The van der Waals surface area contributed by atoms with Crippen molar-refractivity contribution in [1.82, 2.24) is 5.32 Å². The first kappa shape index (κ1) is 13.6. The molecule has 0 saturated carbocycles. The summed E-state index contributed by atoms with van der Waals surface area (Å²) in [6.07, 6.45) is 0.413. The molecule has 0 radical (unpaired) electrons. The molecule has 0 aliphatic heterocycles. The minimum absolute atomic E-state index is 0.0747. The fourth-order valence-electron chi connectivity index (χ4n) is 1.34. The van der Waals surface area contributed by atoms with Crippen LogP contribution >= 0.6 is 0 Å². The van der Waals surface area contributed by atoms with Gasteiger partial charge in [-0.15, -0.1) is 0 Å². The Labute approximate surface area is 100 Å². The van der Waals surface area contributed by atoms with Crippen LogP contribution in [-0.4, -0.2) is 12.5 Å². The summed E-state index contributed by atoms with van der Waals surface area (Å²) in [5.41, 5.74) is 0.0874. The average Bonchev–Trinajstić information content (AvgIpc) is 2.14. The SMILES string of the molecule is CC(C)(C)C(=O)NCCc1cc(F)cc(F)c1. The van der Waals surface area contributed by atoms with E-state index in [9.17, 15) is 13.6 Å². The van der Waals surface area contributed by atoms with Gasteiger partial charge < -0.3 is 5.32 Å². The molecular weight excluding hydrogens is 224 g/mol. The number of hydrogen-bond acceptors (Lipinski definition) is 1. The maximum atomic E-state index is 12.9. The van der Waals surface area contributed by atoms with Crippen molar-refractivity contribution < 1.29 is 13.6 Å². The highest BCUT2D eigenvalue weighted by Crippen LogP contribution is 2.12. The molecule has 0 fully saturated rings. The Hall–Kier alpha value is -1.45. The largest absolute Gasteiger partial charge is 0.355 e. The Balaban J connectivity index is 2.49. The molecule has 0 heterocycles. The van der Waals surface area contributed by atoms with E-state index in [0.29, 0.717) is 18.5 Å². The minimum Gasteiger partial charge on any atom is -0.355 e. The first-order chi connectivity index (χ1) is 7.79. The van der Waals surface area contributed by atoms with E-state index in [2.05, 4.69) is 5.32 Å². The summed E-state index contributed by atoms with van der Waals surface area (Å²) in [7, 11) is 0. The zero-order chi connectivity index (χ0) is 13.1. The third-order valence-electron chi connectivity index (χ3n) is 2.30. The summed E-state index contributed by atoms with van der Waals surface area (Å²) < 4.78 is 25.8. The summed E-state index contributed by atoms with van der Waals surface area (Å²) in [5.74, 6) is -1.27. The van der Waals surface area contributed by atoms with Gasteiger partial charge in [0.25, 0.3) is 0 Å². The van der Waals surface area contributed by atoms with Gasteiger partial charge in [-0.25, -0.2) is 8.78 Å². The molecular formula is C13H17F2NO. The number of carbonyl (C=O) groups is 1. The van der Waals surface area contributed by atoms with Gasteiger partial charge in [-0.1, -0.05) is 20.8 Å². The van der Waals surface area contributed by atoms with Gasteiger partial charge in [-0.05, 0) is 24.1 Å². The Morgan fingerprint density at radius 2 is 1.71 bits per heavy atom. The minimum atomic E-state index is -0.595. The van der Waals surface area contributed by atoms with Gasteiger partial charge >= 0.3 is 0 Å². The maximum Gasteiger partial charge on any atom is 0.225 e. The summed E-state index contributed by atoms with van der Waals surface area (Å²) in [4.78, 5) is 11.5. The quantitative estimate of drug-likeness (QED) is 0.866.